The fourth-order valence-electron chi connectivity index (χ4n) is 7.22. The minimum atomic E-state index is -0.0788. The van der Waals surface area contributed by atoms with Crippen LogP contribution in [0.1, 0.15) is 84.3 Å². The molecule has 2 unspecified atom stereocenters. The van der Waals surface area contributed by atoms with Crippen LogP contribution in [0.3, 0.4) is 0 Å². The number of anilines is 1. The molecule has 0 amide bonds. The molecule has 0 fully saturated rings. The summed E-state index contributed by atoms with van der Waals surface area (Å²) in [6.45, 7) is 13.1. The Morgan fingerprint density at radius 1 is 0.825 bits per heavy atom. The van der Waals surface area contributed by atoms with E-state index in [9.17, 15) is 10.5 Å². The van der Waals surface area contributed by atoms with Crippen LogP contribution in [0, 0.1) is 22.7 Å². The van der Waals surface area contributed by atoms with Crippen LogP contribution in [0.4, 0.5) is 5.69 Å². The van der Waals surface area contributed by atoms with Crippen LogP contribution in [0.25, 0.3) is 28.2 Å². The third-order valence-electron chi connectivity index (χ3n) is 9.45. The molecule has 3 heterocycles. The Kier molecular flexibility index (Phi) is 5.19. The molecule has 5 heteroatoms. The molecule has 3 aliphatic carbocycles. The Hall–Kier alpha value is -3.64. The number of thiophene rings is 2. The van der Waals surface area contributed by atoms with Crippen LogP contribution in [-0.2, 0) is 10.8 Å². The summed E-state index contributed by atoms with van der Waals surface area (Å²) in [4.78, 5) is 7.48. The van der Waals surface area contributed by atoms with E-state index in [4.69, 9.17) is 0 Å². The van der Waals surface area contributed by atoms with Crippen LogP contribution in [-0.4, -0.2) is 13.1 Å². The molecule has 0 spiro atoms. The minimum absolute atomic E-state index is 0.0672. The minimum Gasteiger partial charge on any atom is -0.367 e. The van der Waals surface area contributed by atoms with E-state index in [1.54, 1.807) is 11.3 Å². The molecular formula is C35H31N3S2. The predicted molar refractivity (Wildman–Crippen MR) is 169 cm³/mol. The van der Waals surface area contributed by atoms with Gasteiger partial charge in [0.05, 0.1) is 18.2 Å². The molecule has 0 saturated carbocycles. The normalized spacial score (nSPS) is 22.8. The zero-order valence-electron chi connectivity index (χ0n) is 23.9. The summed E-state index contributed by atoms with van der Waals surface area (Å²) in [7, 11) is 2.24. The van der Waals surface area contributed by atoms with Gasteiger partial charge in [0.25, 0.3) is 0 Å². The first-order valence-corrected chi connectivity index (χ1v) is 15.4. The fourth-order valence-corrected chi connectivity index (χ4v) is 9.93. The molecule has 0 radical (unpaired) electrons. The first kappa shape index (κ1) is 25.3. The largest absolute Gasteiger partial charge is 0.367 e. The van der Waals surface area contributed by atoms with Gasteiger partial charge in [0.2, 0.25) is 0 Å². The van der Waals surface area contributed by atoms with Gasteiger partial charge in [-0.1, -0.05) is 45.9 Å². The summed E-state index contributed by atoms with van der Waals surface area (Å²) < 4.78 is 0. The van der Waals surface area contributed by atoms with Crippen molar-refractivity contribution >= 4 is 46.1 Å². The maximum Gasteiger partial charge on any atom is 0.0944 e. The SMILES string of the molecule is C/C(C#N)=C/c1cc2c(s1)C1=CC3C(C=C1C2(C)C)c1cc2c(cc1N3C)-c1sc(/C=C(/C)C#N)cc1C2(C)C. The number of nitriles is 2. The maximum atomic E-state index is 9.29. The molecule has 1 aliphatic heterocycles. The number of hydrogen-bond donors (Lipinski definition) is 0. The first-order chi connectivity index (χ1) is 18.9. The molecular weight excluding hydrogens is 527 g/mol. The molecule has 2 atom stereocenters. The van der Waals surface area contributed by atoms with Crippen molar-refractivity contribution in [2.75, 3.05) is 11.9 Å². The van der Waals surface area contributed by atoms with E-state index in [2.05, 4.69) is 88.2 Å². The van der Waals surface area contributed by atoms with Crippen LogP contribution < -0.4 is 4.90 Å². The van der Waals surface area contributed by atoms with Gasteiger partial charge in [-0.25, -0.2) is 0 Å². The van der Waals surface area contributed by atoms with E-state index in [0.29, 0.717) is 5.92 Å². The number of likely N-dealkylation sites (N-methyl/N-ethyl adjacent to an activating group) is 1. The standard InChI is InChI=1S/C35H31N3S2/c1-18(16-36)8-20-10-28-32(39-20)24-14-30-22(12-26(24)34(28,3)4)23-13-27-25(15-31(23)38(30)7)33-29(35(27,5)6)11-21(40-33)9-19(2)17-37/h8-15,22,30H,1-7H3/b18-8-,19-9-. The van der Waals surface area contributed by atoms with Crippen molar-refractivity contribution in [1.82, 2.24) is 0 Å². The summed E-state index contributed by atoms with van der Waals surface area (Å²) in [6, 6.07) is 14.3. The molecule has 4 aliphatic rings. The van der Waals surface area contributed by atoms with Crippen molar-refractivity contribution < 1.29 is 0 Å². The molecule has 40 heavy (non-hydrogen) atoms. The maximum absolute atomic E-state index is 9.29. The van der Waals surface area contributed by atoms with E-state index in [1.807, 2.05) is 37.3 Å². The van der Waals surface area contributed by atoms with Crippen molar-refractivity contribution in [3.63, 3.8) is 0 Å². The van der Waals surface area contributed by atoms with Crippen LogP contribution >= 0.6 is 22.7 Å². The number of hydrogen-bond acceptors (Lipinski definition) is 5. The number of benzene rings is 1. The molecule has 0 saturated heterocycles. The van der Waals surface area contributed by atoms with Gasteiger partial charge in [-0.2, -0.15) is 10.5 Å². The Morgan fingerprint density at radius 3 is 2.05 bits per heavy atom. The summed E-state index contributed by atoms with van der Waals surface area (Å²) >= 11 is 3.62. The van der Waals surface area contributed by atoms with Gasteiger partial charge in [0, 0.05) is 60.1 Å². The molecule has 0 N–H and O–H groups in total. The van der Waals surface area contributed by atoms with Gasteiger partial charge < -0.3 is 4.90 Å². The topological polar surface area (TPSA) is 50.8 Å². The molecule has 3 nitrogen and oxygen atoms in total. The van der Waals surface area contributed by atoms with Gasteiger partial charge in [-0.15, -0.1) is 22.7 Å². The van der Waals surface area contributed by atoms with E-state index >= 15 is 0 Å². The van der Waals surface area contributed by atoms with E-state index in [0.717, 1.165) is 20.9 Å². The van der Waals surface area contributed by atoms with Crippen LogP contribution in [0.5, 0.6) is 0 Å². The average molecular weight is 558 g/mol. The summed E-state index contributed by atoms with van der Waals surface area (Å²) in [6.07, 6.45) is 9.09. The van der Waals surface area contributed by atoms with E-state index < -0.39 is 0 Å². The van der Waals surface area contributed by atoms with Crippen molar-refractivity contribution in [3.05, 3.63) is 90.0 Å². The molecule has 1 aromatic carbocycles. The van der Waals surface area contributed by atoms with Gasteiger partial charge in [0.1, 0.15) is 0 Å². The lowest BCUT2D eigenvalue weighted by atomic mass is 9.75. The van der Waals surface area contributed by atoms with Gasteiger partial charge >= 0.3 is 0 Å². The highest BCUT2D eigenvalue weighted by molar-refractivity contribution is 7.16. The fraction of sp³-hybridized carbons (Fsp3) is 0.314. The molecule has 7 rings (SSSR count). The highest BCUT2D eigenvalue weighted by Gasteiger charge is 2.47. The number of fused-ring (bicyclic) bond motifs is 9. The van der Waals surface area contributed by atoms with Crippen molar-refractivity contribution in [1.29, 1.82) is 10.5 Å². The van der Waals surface area contributed by atoms with Crippen LogP contribution in [0.2, 0.25) is 0 Å². The quantitative estimate of drug-likeness (QED) is 0.295. The summed E-state index contributed by atoms with van der Waals surface area (Å²) in [5.41, 5.74) is 12.4. The van der Waals surface area contributed by atoms with Gasteiger partial charge in [-0.05, 0) is 83.2 Å². The smallest absolute Gasteiger partial charge is 0.0944 e. The second-order valence-corrected chi connectivity index (χ2v) is 14.8. The third-order valence-corrected chi connectivity index (χ3v) is 11.7. The Bertz CT molecular complexity index is 1870. The lowest BCUT2D eigenvalue weighted by Gasteiger charge is -2.31. The van der Waals surface area contributed by atoms with Gasteiger partial charge in [-0.3, -0.25) is 0 Å². The van der Waals surface area contributed by atoms with E-state index in [1.165, 1.54) is 54.4 Å². The van der Waals surface area contributed by atoms with Gasteiger partial charge in [0.15, 0.2) is 0 Å². The molecule has 0 bridgehead atoms. The Labute approximate surface area is 244 Å². The number of allylic oxidation sites excluding steroid dienone is 4. The average Bonchev–Trinajstić information content (AvgIpc) is 3.68. The molecule has 198 valence electrons. The molecule has 2 aromatic heterocycles. The second-order valence-electron chi connectivity index (χ2n) is 12.7. The van der Waals surface area contributed by atoms with E-state index in [-0.39, 0.29) is 16.9 Å². The summed E-state index contributed by atoms with van der Waals surface area (Å²) in [5.74, 6) is 0.323. The number of rotatable bonds is 2. The third kappa shape index (κ3) is 3.26. The predicted octanol–water partition coefficient (Wildman–Crippen LogP) is 9.19. The highest BCUT2D eigenvalue weighted by atomic mass is 32.1. The summed E-state index contributed by atoms with van der Waals surface area (Å²) in [5, 5.41) is 18.6. The van der Waals surface area contributed by atoms with Crippen LogP contribution in [0.15, 0.2) is 53.1 Å². The monoisotopic (exact) mass is 557 g/mol. The van der Waals surface area contributed by atoms with Crippen molar-refractivity contribution in [3.8, 4) is 22.6 Å². The highest BCUT2D eigenvalue weighted by Crippen LogP contribution is 2.60. The van der Waals surface area contributed by atoms with Crippen molar-refractivity contribution in [2.24, 2.45) is 0 Å². The zero-order chi connectivity index (χ0) is 28.3. The number of nitrogens with zero attached hydrogens (tertiary/aromatic N) is 3. The zero-order valence-corrected chi connectivity index (χ0v) is 25.6. The lowest BCUT2D eigenvalue weighted by Crippen LogP contribution is -2.31. The Morgan fingerprint density at radius 2 is 1.43 bits per heavy atom. The first-order valence-electron chi connectivity index (χ1n) is 13.8. The lowest BCUT2D eigenvalue weighted by molar-refractivity contribution is 0.636. The second kappa shape index (κ2) is 8.20. The Balaban J connectivity index is 1.33. The molecule has 3 aromatic rings. The van der Waals surface area contributed by atoms with Crippen molar-refractivity contribution in [2.45, 2.75) is 64.3 Å².